The van der Waals surface area contributed by atoms with E-state index < -0.39 is 25.2 Å². The second kappa shape index (κ2) is 5.59. The first-order chi connectivity index (χ1) is 7.58. The minimum absolute atomic E-state index is 0.324. The van der Waals surface area contributed by atoms with E-state index in [1.807, 2.05) is 0 Å². The summed E-state index contributed by atoms with van der Waals surface area (Å²) in [6.07, 6.45) is 0. The van der Waals surface area contributed by atoms with E-state index in [0.717, 1.165) is 0 Å². The van der Waals surface area contributed by atoms with Crippen LogP contribution in [0.1, 0.15) is 0 Å². The van der Waals surface area contributed by atoms with Gasteiger partial charge in [0.25, 0.3) is 0 Å². The number of carbonyl (C=O) groups is 2. The molecule has 1 aromatic carbocycles. The number of carbonyl (C=O) groups excluding carboxylic acids is 2. The molecule has 0 atom stereocenters. The maximum atomic E-state index is 10.1. The summed E-state index contributed by atoms with van der Waals surface area (Å²) < 4.78 is 9.60. The lowest BCUT2D eigenvalue weighted by Gasteiger charge is -2.09. The van der Waals surface area contributed by atoms with Crippen LogP contribution in [0.3, 0.4) is 0 Å². The predicted molar refractivity (Wildman–Crippen MR) is 47.4 cm³/mol. The molecule has 1 aromatic rings. The molecule has 0 fully saturated rings. The number of hydrogen-bond donors (Lipinski definition) is 0. The third-order valence-electron chi connectivity index (χ3n) is 1.54. The molecule has 0 saturated heterocycles. The highest BCUT2D eigenvalue weighted by atomic mass is 16.5. The molecule has 86 valence electrons. The molecular weight excluding hydrogens is 216 g/mol. The summed E-state index contributed by atoms with van der Waals surface area (Å²) in [7, 11) is 0. The van der Waals surface area contributed by atoms with Crippen molar-refractivity contribution in [3.05, 3.63) is 24.3 Å². The van der Waals surface area contributed by atoms with Crippen molar-refractivity contribution in [3.63, 3.8) is 0 Å². The van der Waals surface area contributed by atoms with Crippen LogP contribution in [0, 0.1) is 0 Å². The van der Waals surface area contributed by atoms with Crippen molar-refractivity contribution in [2.75, 3.05) is 13.2 Å². The van der Waals surface area contributed by atoms with E-state index >= 15 is 0 Å². The molecule has 6 nitrogen and oxygen atoms in total. The van der Waals surface area contributed by atoms with Crippen LogP contribution in [0.4, 0.5) is 0 Å². The monoisotopic (exact) mass is 224 g/mol. The van der Waals surface area contributed by atoms with Gasteiger partial charge in [-0.05, 0) is 24.3 Å². The molecule has 0 saturated carbocycles. The van der Waals surface area contributed by atoms with Gasteiger partial charge in [0.1, 0.15) is 24.7 Å². The normalized spacial score (nSPS) is 9.50. The molecule has 0 aliphatic carbocycles. The van der Waals surface area contributed by atoms with E-state index in [-0.39, 0.29) is 0 Å². The zero-order valence-corrected chi connectivity index (χ0v) is 8.17. The quantitative estimate of drug-likeness (QED) is 0.551. The number of carboxylic acids is 2. The highest BCUT2D eigenvalue weighted by Gasteiger charge is 1.96. The minimum atomic E-state index is -1.32. The zero-order chi connectivity index (χ0) is 12.0. The van der Waals surface area contributed by atoms with Crippen molar-refractivity contribution in [3.8, 4) is 11.5 Å². The van der Waals surface area contributed by atoms with Gasteiger partial charge in [-0.2, -0.15) is 0 Å². The Labute approximate surface area is 91.0 Å². The maximum Gasteiger partial charge on any atom is 0.128 e. The molecule has 0 unspecified atom stereocenters. The van der Waals surface area contributed by atoms with Gasteiger partial charge in [0, 0.05) is 0 Å². The first-order valence-corrected chi connectivity index (χ1v) is 4.33. The molecule has 0 aliphatic heterocycles. The number of aliphatic carboxylic acids is 2. The van der Waals surface area contributed by atoms with Crippen LogP contribution in [0.15, 0.2) is 24.3 Å². The lowest BCUT2D eigenvalue weighted by Crippen LogP contribution is -2.29. The Morgan fingerprint density at radius 3 is 1.44 bits per heavy atom. The lowest BCUT2D eigenvalue weighted by molar-refractivity contribution is -0.308. The fraction of sp³-hybridized carbons (Fsp3) is 0.200. The van der Waals surface area contributed by atoms with E-state index in [2.05, 4.69) is 0 Å². The first-order valence-electron chi connectivity index (χ1n) is 4.33. The SMILES string of the molecule is O=C([O-])COc1ccc(OCC(=O)[O-])cc1. The summed E-state index contributed by atoms with van der Waals surface area (Å²) in [4.78, 5) is 20.2. The number of ether oxygens (including phenoxy) is 2. The van der Waals surface area contributed by atoms with Gasteiger partial charge in [-0.3, -0.25) is 0 Å². The van der Waals surface area contributed by atoms with E-state index in [1.165, 1.54) is 24.3 Å². The van der Waals surface area contributed by atoms with Crippen LogP contribution in [-0.2, 0) is 9.59 Å². The molecule has 0 aromatic heterocycles. The number of carboxylic acid groups (broad SMARTS) is 2. The summed E-state index contributed by atoms with van der Waals surface area (Å²) in [5.41, 5.74) is 0. The van der Waals surface area contributed by atoms with Crippen molar-refractivity contribution in [1.29, 1.82) is 0 Å². The average Bonchev–Trinajstić information content (AvgIpc) is 2.25. The molecule has 1 rings (SSSR count). The molecule has 0 spiro atoms. The van der Waals surface area contributed by atoms with Crippen LogP contribution < -0.4 is 19.7 Å². The summed E-state index contributed by atoms with van der Waals surface area (Å²) in [6, 6.07) is 5.81. The van der Waals surface area contributed by atoms with Crippen LogP contribution in [0.5, 0.6) is 11.5 Å². The molecule has 6 heteroatoms. The summed E-state index contributed by atoms with van der Waals surface area (Å²) in [6.45, 7) is -1.08. The fourth-order valence-corrected chi connectivity index (χ4v) is 0.917. The van der Waals surface area contributed by atoms with Crippen molar-refractivity contribution in [2.45, 2.75) is 0 Å². The van der Waals surface area contributed by atoms with Crippen LogP contribution in [0.25, 0.3) is 0 Å². The molecule has 0 heterocycles. The van der Waals surface area contributed by atoms with Gasteiger partial charge in [0.05, 0.1) is 11.9 Å². The highest BCUT2D eigenvalue weighted by Crippen LogP contribution is 2.17. The average molecular weight is 224 g/mol. The number of hydrogen-bond acceptors (Lipinski definition) is 6. The lowest BCUT2D eigenvalue weighted by atomic mass is 10.3. The van der Waals surface area contributed by atoms with Crippen LogP contribution in [-0.4, -0.2) is 25.2 Å². The Balaban J connectivity index is 2.47. The van der Waals surface area contributed by atoms with Gasteiger partial charge in [0.2, 0.25) is 0 Å². The standard InChI is InChI=1S/C10H10O6/c11-9(12)5-15-7-1-2-8(4-3-7)16-6-10(13)14/h1-4H,5-6H2,(H,11,12)(H,13,14)/p-2. The first kappa shape index (κ1) is 11.8. The summed E-state index contributed by atoms with van der Waals surface area (Å²) in [5, 5.41) is 20.2. The fourth-order valence-electron chi connectivity index (χ4n) is 0.917. The topological polar surface area (TPSA) is 98.7 Å². The van der Waals surface area contributed by atoms with Gasteiger partial charge < -0.3 is 29.3 Å². The summed E-state index contributed by atoms with van der Waals surface area (Å²) in [5.74, 6) is -2.00. The Bertz CT molecular complexity index is 332. The maximum absolute atomic E-state index is 10.1. The third kappa shape index (κ3) is 4.32. The van der Waals surface area contributed by atoms with E-state index in [0.29, 0.717) is 11.5 Å². The van der Waals surface area contributed by atoms with Gasteiger partial charge in [-0.15, -0.1) is 0 Å². The van der Waals surface area contributed by atoms with Gasteiger partial charge in [-0.25, -0.2) is 0 Å². The Kier molecular flexibility index (Phi) is 4.14. The molecule has 0 radical (unpaired) electrons. The van der Waals surface area contributed by atoms with Crippen molar-refractivity contribution in [2.24, 2.45) is 0 Å². The number of rotatable bonds is 6. The second-order valence-electron chi connectivity index (χ2n) is 2.79. The largest absolute Gasteiger partial charge is 0.546 e. The zero-order valence-electron chi connectivity index (χ0n) is 8.17. The van der Waals surface area contributed by atoms with Crippen LogP contribution >= 0.6 is 0 Å². The van der Waals surface area contributed by atoms with Crippen molar-refractivity contribution < 1.29 is 29.3 Å². The van der Waals surface area contributed by atoms with E-state index in [4.69, 9.17) is 9.47 Å². The molecule has 0 bridgehead atoms. The Hall–Kier alpha value is -2.24. The minimum Gasteiger partial charge on any atom is -0.546 e. The Morgan fingerprint density at radius 2 is 1.19 bits per heavy atom. The third-order valence-corrected chi connectivity index (χ3v) is 1.54. The summed E-state index contributed by atoms with van der Waals surface area (Å²) >= 11 is 0. The van der Waals surface area contributed by atoms with E-state index in [9.17, 15) is 19.8 Å². The van der Waals surface area contributed by atoms with Gasteiger partial charge >= 0.3 is 0 Å². The highest BCUT2D eigenvalue weighted by molar-refractivity contribution is 5.66. The molecular formula is C10H8O6-2. The molecule has 0 aliphatic rings. The number of benzene rings is 1. The molecule has 16 heavy (non-hydrogen) atoms. The van der Waals surface area contributed by atoms with E-state index in [1.54, 1.807) is 0 Å². The van der Waals surface area contributed by atoms with Crippen molar-refractivity contribution >= 4 is 11.9 Å². The second-order valence-corrected chi connectivity index (χ2v) is 2.79. The molecule has 0 N–H and O–H groups in total. The van der Waals surface area contributed by atoms with Crippen molar-refractivity contribution in [1.82, 2.24) is 0 Å². The van der Waals surface area contributed by atoms with Crippen LogP contribution in [0.2, 0.25) is 0 Å². The smallest absolute Gasteiger partial charge is 0.128 e. The Morgan fingerprint density at radius 1 is 0.875 bits per heavy atom. The van der Waals surface area contributed by atoms with Gasteiger partial charge in [0.15, 0.2) is 0 Å². The molecule has 0 amide bonds. The van der Waals surface area contributed by atoms with Gasteiger partial charge in [-0.1, -0.05) is 0 Å². The predicted octanol–water partition coefficient (Wildman–Crippen LogP) is -2.06.